The Morgan fingerprint density at radius 1 is 1.40 bits per heavy atom. The number of nitrogens with two attached hydrogens (primary N) is 1. The maximum Gasteiger partial charge on any atom is 0.257 e. The minimum Gasteiger partial charge on any atom is -0.384 e. The fourth-order valence-electron chi connectivity index (χ4n) is 1.82. The number of amides is 1. The minimum absolute atomic E-state index is 0.137. The van der Waals surface area contributed by atoms with Crippen LogP contribution in [0.15, 0.2) is 24.4 Å². The Balaban J connectivity index is 2.09. The van der Waals surface area contributed by atoms with E-state index in [0.29, 0.717) is 23.8 Å². The Morgan fingerprint density at radius 2 is 2.20 bits per heavy atom. The standard InChI is InChI=1S/C14H18N4OS/c1-9-7-11(16-6-5-15)3-4-12(9)13(19)18-14-17-8-10(2)20-14/h3-4,7-8,16H,5-6,15H2,1-2H3,(H,17,18,19). The number of aryl methyl sites for hydroxylation is 2. The van der Waals surface area contributed by atoms with Crippen LogP contribution in [0, 0.1) is 13.8 Å². The molecule has 0 bridgehead atoms. The highest BCUT2D eigenvalue weighted by Crippen LogP contribution is 2.20. The van der Waals surface area contributed by atoms with Crippen molar-refractivity contribution in [3.8, 4) is 0 Å². The smallest absolute Gasteiger partial charge is 0.257 e. The van der Waals surface area contributed by atoms with Crippen LogP contribution in [-0.2, 0) is 0 Å². The third-order valence-electron chi connectivity index (χ3n) is 2.79. The fraction of sp³-hybridized carbons (Fsp3) is 0.286. The first-order valence-corrected chi connectivity index (χ1v) is 7.20. The van der Waals surface area contributed by atoms with Crippen LogP contribution in [0.1, 0.15) is 20.8 Å². The highest BCUT2D eigenvalue weighted by atomic mass is 32.1. The molecular weight excluding hydrogens is 272 g/mol. The van der Waals surface area contributed by atoms with Gasteiger partial charge in [-0.3, -0.25) is 10.1 Å². The molecule has 0 aliphatic carbocycles. The maximum absolute atomic E-state index is 12.2. The maximum atomic E-state index is 12.2. The summed E-state index contributed by atoms with van der Waals surface area (Å²) in [6.45, 7) is 5.15. The summed E-state index contributed by atoms with van der Waals surface area (Å²) in [7, 11) is 0. The van der Waals surface area contributed by atoms with Gasteiger partial charge in [0.15, 0.2) is 5.13 Å². The van der Waals surface area contributed by atoms with E-state index in [1.54, 1.807) is 6.20 Å². The van der Waals surface area contributed by atoms with Gasteiger partial charge in [0.05, 0.1) is 0 Å². The van der Waals surface area contributed by atoms with Crippen LogP contribution >= 0.6 is 11.3 Å². The van der Waals surface area contributed by atoms with Crippen LogP contribution in [0.25, 0.3) is 0 Å². The number of hydrogen-bond donors (Lipinski definition) is 3. The number of hydrogen-bond acceptors (Lipinski definition) is 5. The average Bonchev–Trinajstić information content (AvgIpc) is 2.81. The van der Waals surface area contributed by atoms with E-state index in [-0.39, 0.29) is 5.91 Å². The molecule has 2 aromatic rings. The molecule has 0 atom stereocenters. The van der Waals surface area contributed by atoms with Crippen LogP contribution in [0.5, 0.6) is 0 Å². The van der Waals surface area contributed by atoms with Crippen LogP contribution in [0.3, 0.4) is 0 Å². The zero-order valence-corrected chi connectivity index (χ0v) is 12.4. The topological polar surface area (TPSA) is 80.0 Å². The van der Waals surface area contributed by atoms with Crippen molar-refractivity contribution < 1.29 is 4.79 Å². The predicted molar refractivity (Wildman–Crippen MR) is 83.5 cm³/mol. The van der Waals surface area contributed by atoms with Gasteiger partial charge in [-0.1, -0.05) is 0 Å². The van der Waals surface area contributed by atoms with Crippen molar-refractivity contribution in [3.05, 3.63) is 40.4 Å². The average molecular weight is 290 g/mol. The van der Waals surface area contributed by atoms with Crippen molar-refractivity contribution in [2.75, 3.05) is 23.7 Å². The molecule has 0 spiro atoms. The van der Waals surface area contributed by atoms with Gasteiger partial charge in [0, 0.05) is 35.4 Å². The highest BCUT2D eigenvalue weighted by molar-refractivity contribution is 7.15. The second-order valence-corrected chi connectivity index (χ2v) is 5.71. The van der Waals surface area contributed by atoms with Gasteiger partial charge in [0.2, 0.25) is 0 Å². The van der Waals surface area contributed by atoms with Crippen molar-refractivity contribution in [1.29, 1.82) is 0 Å². The van der Waals surface area contributed by atoms with Crippen molar-refractivity contribution in [2.24, 2.45) is 5.73 Å². The number of anilines is 2. The number of nitrogens with one attached hydrogen (secondary N) is 2. The highest BCUT2D eigenvalue weighted by Gasteiger charge is 2.11. The summed E-state index contributed by atoms with van der Waals surface area (Å²) in [6, 6.07) is 5.63. The molecule has 20 heavy (non-hydrogen) atoms. The molecule has 1 aromatic heterocycles. The number of carbonyl (C=O) groups is 1. The quantitative estimate of drug-likeness (QED) is 0.790. The summed E-state index contributed by atoms with van der Waals surface area (Å²) >= 11 is 1.46. The van der Waals surface area contributed by atoms with Crippen LogP contribution in [-0.4, -0.2) is 24.0 Å². The first kappa shape index (κ1) is 14.5. The Kier molecular flexibility index (Phi) is 4.70. The molecular formula is C14H18N4OS. The Morgan fingerprint density at radius 3 is 2.80 bits per heavy atom. The van der Waals surface area contributed by atoms with Gasteiger partial charge in [0.1, 0.15) is 0 Å². The number of aromatic nitrogens is 1. The number of benzene rings is 1. The summed E-state index contributed by atoms with van der Waals surface area (Å²) in [5, 5.41) is 6.62. The van der Waals surface area contributed by atoms with E-state index >= 15 is 0 Å². The van der Waals surface area contributed by atoms with Crippen molar-refractivity contribution in [3.63, 3.8) is 0 Å². The molecule has 1 amide bonds. The van der Waals surface area contributed by atoms with Crippen molar-refractivity contribution in [2.45, 2.75) is 13.8 Å². The lowest BCUT2D eigenvalue weighted by Gasteiger charge is -2.09. The fourth-order valence-corrected chi connectivity index (χ4v) is 2.48. The molecule has 1 heterocycles. The Labute approximate surface area is 122 Å². The molecule has 2 rings (SSSR count). The summed E-state index contributed by atoms with van der Waals surface area (Å²) < 4.78 is 0. The molecule has 0 unspecified atom stereocenters. The first-order chi connectivity index (χ1) is 9.60. The zero-order chi connectivity index (χ0) is 14.5. The Bertz CT molecular complexity index is 609. The summed E-state index contributed by atoms with van der Waals surface area (Å²) in [6.07, 6.45) is 1.74. The largest absolute Gasteiger partial charge is 0.384 e. The number of thiazole rings is 1. The number of rotatable bonds is 5. The molecule has 0 saturated heterocycles. The molecule has 0 saturated carbocycles. The van der Waals surface area contributed by atoms with Gasteiger partial charge >= 0.3 is 0 Å². The molecule has 0 radical (unpaired) electrons. The van der Waals surface area contributed by atoms with Gasteiger partial charge in [-0.15, -0.1) is 11.3 Å². The van der Waals surface area contributed by atoms with Gasteiger partial charge in [-0.05, 0) is 37.6 Å². The van der Waals surface area contributed by atoms with Gasteiger partial charge < -0.3 is 11.1 Å². The number of nitrogens with zero attached hydrogens (tertiary/aromatic N) is 1. The molecule has 5 nitrogen and oxygen atoms in total. The van der Waals surface area contributed by atoms with Crippen LogP contribution < -0.4 is 16.4 Å². The monoisotopic (exact) mass is 290 g/mol. The second kappa shape index (κ2) is 6.49. The summed E-state index contributed by atoms with van der Waals surface area (Å²) in [4.78, 5) is 17.4. The molecule has 0 aliphatic rings. The third-order valence-corrected chi connectivity index (χ3v) is 3.61. The molecule has 0 fully saturated rings. The molecule has 6 heteroatoms. The molecule has 0 aliphatic heterocycles. The number of carbonyl (C=O) groups excluding carboxylic acids is 1. The minimum atomic E-state index is -0.137. The van der Waals surface area contributed by atoms with E-state index in [4.69, 9.17) is 5.73 Å². The van der Waals surface area contributed by atoms with E-state index in [1.165, 1.54) is 11.3 Å². The van der Waals surface area contributed by atoms with E-state index in [1.807, 2.05) is 32.0 Å². The van der Waals surface area contributed by atoms with E-state index in [0.717, 1.165) is 16.1 Å². The molecule has 106 valence electrons. The van der Waals surface area contributed by atoms with Gasteiger partial charge in [-0.25, -0.2) is 4.98 Å². The Hall–Kier alpha value is -1.92. The molecule has 1 aromatic carbocycles. The normalized spacial score (nSPS) is 10.3. The predicted octanol–water partition coefficient (Wildman–Crippen LogP) is 2.38. The second-order valence-electron chi connectivity index (χ2n) is 4.48. The lowest BCUT2D eigenvalue weighted by molar-refractivity contribution is 0.102. The lowest BCUT2D eigenvalue weighted by atomic mass is 10.1. The van der Waals surface area contributed by atoms with E-state index < -0.39 is 0 Å². The van der Waals surface area contributed by atoms with Gasteiger partial charge in [-0.2, -0.15) is 0 Å². The van der Waals surface area contributed by atoms with Gasteiger partial charge in [0.25, 0.3) is 5.91 Å². The first-order valence-electron chi connectivity index (χ1n) is 6.38. The van der Waals surface area contributed by atoms with E-state index in [2.05, 4.69) is 15.6 Å². The van der Waals surface area contributed by atoms with E-state index in [9.17, 15) is 4.79 Å². The summed E-state index contributed by atoms with van der Waals surface area (Å²) in [5.41, 5.74) is 7.98. The zero-order valence-electron chi connectivity index (χ0n) is 11.6. The van der Waals surface area contributed by atoms with Crippen molar-refractivity contribution >= 4 is 28.1 Å². The molecule has 4 N–H and O–H groups in total. The SMILES string of the molecule is Cc1cnc(NC(=O)c2ccc(NCCN)cc2C)s1. The summed E-state index contributed by atoms with van der Waals surface area (Å²) in [5.74, 6) is -0.137. The van der Waals surface area contributed by atoms with Crippen LogP contribution in [0.4, 0.5) is 10.8 Å². The lowest BCUT2D eigenvalue weighted by Crippen LogP contribution is -2.15. The van der Waals surface area contributed by atoms with Crippen LogP contribution in [0.2, 0.25) is 0 Å². The third kappa shape index (κ3) is 3.55. The van der Waals surface area contributed by atoms with Crippen molar-refractivity contribution in [1.82, 2.24) is 4.98 Å².